The number of sulfonamides is 2. The lowest BCUT2D eigenvalue weighted by Crippen LogP contribution is -2.18. The summed E-state index contributed by atoms with van der Waals surface area (Å²) in [5.74, 6) is -0.560. The lowest BCUT2D eigenvalue weighted by Gasteiger charge is -2.13. The van der Waals surface area contributed by atoms with E-state index in [1.54, 1.807) is 48.5 Å². The van der Waals surface area contributed by atoms with Crippen LogP contribution >= 0.6 is 0 Å². The van der Waals surface area contributed by atoms with Crippen LogP contribution in [0.4, 0.5) is 17.1 Å². The third-order valence-corrected chi connectivity index (χ3v) is 8.25. The minimum Gasteiger partial charge on any atom is -0.322 e. The highest BCUT2D eigenvalue weighted by Gasteiger charge is 2.19. The molecule has 3 N–H and O–H groups in total. The van der Waals surface area contributed by atoms with E-state index in [4.69, 9.17) is 0 Å². The van der Waals surface area contributed by atoms with Crippen molar-refractivity contribution in [2.24, 2.45) is 0 Å². The largest absolute Gasteiger partial charge is 0.322 e. The molecule has 0 saturated heterocycles. The van der Waals surface area contributed by atoms with Gasteiger partial charge in [-0.05, 0) is 74.5 Å². The summed E-state index contributed by atoms with van der Waals surface area (Å²) in [5.41, 5.74) is 2.93. The number of aryl methyl sites for hydroxylation is 2. The normalized spacial score (nSPS) is 11.5. The molecule has 0 saturated carbocycles. The van der Waals surface area contributed by atoms with Crippen molar-refractivity contribution in [1.29, 1.82) is 0 Å². The zero-order valence-electron chi connectivity index (χ0n) is 20.1. The molecule has 0 unspecified atom stereocenters. The lowest BCUT2D eigenvalue weighted by atomic mass is 10.1. The molecule has 0 aromatic heterocycles. The van der Waals surface area contributed by atoms with E-state index in [1.807, 2.05) is 13.8 Å². The smallest absolute Gasteiger partial charge is 0.261 e. The van der Waals surface area contributed by atoms with Crippen LogP contribution in [0.3, 0.4) is 0 Å². The maximum Gasteiger partial charge on any atom is 0.261 e. The number of para-hydroxylation sites is 1. The number of amides is 1. The Morgan fingerprint density at radius 2 is 1.03 bits per heavy atom. The van der Waals surface area contributed by atoms with Crippen molar-refractivity contribution in [3.63, 3.8) is 0 Å². The number of anilines is 3. The fraction of sp³-hybridized carbons (Fsp3) is 0.0741. The Kier molecular flexibility index (Phi) is 7.33. The van der Waals surface area contributed by atoms with Gasteiger partial charge in [0.05, 0.1) is 21.0 Å². The highest BCUT2D eigenvalue weighted by atomic mass is 32.2. The fourth-order valence-corrected chi connectivity index (χ4v) is 5.58. The summed E-state index contributed by atoms with van der Waals surface area (Å²) < 4.78 is 56.0. The van der Waals surface area contributed by atoms with E-state index < -0.39 is 26.0 Å². The molecule has 8 nitrogen and oxygen atoms in total. The summed E-state index contributed by atoms with van der Waals surface area (Å²) in [5, 5.41) is 2.68. The van der Waals surface area contributed by atoms with Crippen LogP contribution in [0.15, 0.2) is 107 Å². The number of carbonyl (C=O) groups is 1. The molecule has 0 heterocycles. The van der Waals surface area contributed by atoms with Gasteiger partial charge in [0.15, 0.2) is 0 Å². The van der Waals surface area contributed by atoms with Gasteiger partial charge in [-0.2, -0.15) is 0 Å². The van der Waals surface area contributed by atoms with Crippen LogP contribution in [-0.4, -0.2) is 22.7 Å². The Morgan fingerprint density at radius 1 is 0.568 bits per heavy atom. The van der Waals surface area contributed by atoms with E-state index in [-0.39, 0.29) is 21.0 Å². The van der Waals surface area contributed by atoms with Crippen LogP contribution in [0.2, 0.25) is 0 Å². The van der Waals surface area contributed by atoms with Gasteiger partial charge in [-0.15, -0.1) is 0 Å². The molecule has 0 fully saturated rings. The van der Waals surface area contributed by atoms with Crippen LogP contribution in [0.25, 0.3) is 0 Å². The third kappa shape index (κ3) is 6.35. The van der Waals surface area contributed by atoms with E-state index in [1.165, 1.54) is 48.5 Å². The first-order chi connectivity index (χ1) is 17.5. The monoisotopic (exact) mass is 535 g/mol. The molecule has 10 heteroatoms. The van der Waals surface area contributed by atoms with Crippen molar-refractivity contribution >= 4 is 43.0 Å². The molecule has 0 atom stereocenters. The average molecular weight is 536 g/mol. The topological polar surface area (TPSA) is 121 Å². The van der Waals surface area contributed by atoms with Crippen LogP contribution in [-0.2, 0) is 20.0 Å². The molecule has 1 amide bonds. The van der Waals surface area contributed by atoms with E-state index >= 15 is 0 Å². The molecule has 4 aromatic carbocycles. The SMILES string of the molecule is Cc1ccc(NS(=O)(=O)c2ccc(NC(=O)c3ccccc3NS(=O)(=O)c3ccc(C)cc3)cc2)cc1. The van der Waals surface area contributed by atoms with Gasteiger partial charge in [0, 0.05) is 11.4 Å². The van der Waals surface area contributed by atoms with Gasteiger partial charge in [0.25, 0.3) is 26.0 Å². The molecular weight excluding hydrogens is 510 g/mol. The molecule has 190 valence electrons. The number of rotatable bonds is 8. The zero-order valence-corrected chi connectivity index (χ0v) is 21.7. The number of hydrogen-bond acceptors (Lipinski definition) is 5. The van der Waals surface area contributed by atoms with Crippen molar-refractivity contribution in [1.82, 2.24) is 0 Å². The Labute approximate surface area is 216 Å². The quantitative estimate of drug-likeness (QED) is 0.288. The molecule has 37 heavy (non-hydrogen) atoms. The van der Waals surface area contributed by atoms with E-state index in [2.05, 4.69) is 14.8 Å². The van der Waals surface area contributed by atoms with Gasteiger partial charge < -0.3 is 5.32 Å². The summed E-state index contributed by atoms with van der Waals surface area (Å²) in [6.45, 7) is 3.76. The second kappa shape index (κ2) is 10.5. The summed E-state index contributed by atoms with van der Waals surface area (Å²) in [6, 6.07) is 25.2. The Bertz CT molecular complexity index is 1630. The van der Waals surface area contributed by atoms with Crippen molar-refractivity contribution in [3.05, 3.63) is 114 Å². The highest BCUT2D eigenvalue weighted by molar-refractivity contribution is 7.93. The molecule has 0 bridgehead atoms. The van der Waals surface area contributed by atoms with Gasteiger partial charge in [-0.3, -0.25) is 14.2 Å². The number of hydrogen-bond donors (Lipinski definition) is 3. The molecule has 0 spiro atoms. The molecular formula is C27H25N3O5S2. The molecule has 4 rings (SSSR count). The van der Waals surface area contributed by atoms with Crippen molar-refractivity contribution < 1.29 is 21.6 Å². The van der Waals surface area contributed by atoms with Crippen molar-refractivity contribution in [3.8, 4) is 0 Å². The van der Waals surface area contributed by atoms with E-state index in [9.17, 15) is 21.6 Å². The first-order valence-electron chi connectivity index (χ1n) is 11.2. The lowest BCUT2D eigenvalue weighted by molar-refractivity contribution is 0.102. The highest BCUT2D eigenvalue weighted by Crippen LogP contribution is 2.23. The zero-order chi connectivity index (χ0) is 26.6. The van der Waals surface area contributed by atoms with E-state index in [0.29, 0.717) is 11.4 Å². The van der Waals surface area contributed by atoms with Gasteiger partial charge in [-0.1, -0.05) is 47.5 Å². The Hall–Kier alpha value is -4.15. The first kappa shape index (κ1) is 25.9. The number of benzene rings is 4. The van der Waals surface area contributed by atoms with Crippen LogP contribution < -0.4 is 14.8 Å². The second-order valence-corrected chi connectivity index (χ2v) is 11.8. The summed E-state index contributed by atoms with van der Waals surface area (Å²) >= 11 is 0. The molecule has 4 aromatic rings. The number of carbonyl (C=O) groups excluding carboxylic acids is 1. The molecule has 0 aliphatic heterocycles. The third-order valence-electron chi connectivity index (χ3n) is 5.47. The maximum atomic E-state index is 13.0. The molecule has 0 aliphatic carbocycles. The van der Waals surface area contributed by atoms with Gasteiger partial charge in [0.2, 0.25) is 0 Å². The minimum absolute atomic E-state index is 0.0253. The van der Waals surface area contributed by atoms with Crippen LogP contribution in [0.1, 0.15) is 21.5 Å². The summed E-state index contributed by atoms with van der Waals surface area (Å²) in [7, 11) is -7.73. The Balaban J connectivity index is 1.49. The predicted molar refractivity (Wildman–Crippen MR) is 145 cm³/mol. The van der Waals surface area contributed by atoms with Gasteiger partial charge in [-0.25, -0.2) is 16.8 Å². The molecule has 0 aliphatic rings. The standard InChI is InChI=1S/C27H25N3O5S2/c1-19-7-11-22(12-8-19)29-36(32,33)24-17-13-21(14-18-24)28-27(31)25-5-3-4-6-26(25)30-37(34,35)23-15-9-20(2)10-16-23/h3-18,29-30H,1-2H3,(H,28,31). The summed E-state index contributed by atoms with van der Waals surface area (Å²) in [6.07, 6.45) is 0. The van der Waals surface area contributed by atoms with Crippen LogP contribution in [0.5, 0.6) is 0 Å². The Morgan fingerprint density at radius 3 is 1.62 bits per heavy atom. The van der Waals surface area contributed by atoms with Gasteiger partial charge in [0.1, 0.15) is 0 Å². The van der Waals surface area contributed by atoms with Gasteiger partial charge >= 0.3 is 0 Å². The fourth-order valence-electron chi connectivity index (χ4n) is 3.44. The van der Waals surface area contributed by atoms with Crippen molar-refractivity contribution in [2.45, 2.75) is 23.6 Å². The van der Waals surface area contributed by atoms with Crippen molar-refractivity contribution in [2.75, 3.05) is 14.8 Å². The summed E-state index contributed by atoms with van der Waals surface area (Å²) in [4.78, 5) is 13.1. The second-order valence-electron chi connectivity index (χ2n) is 8.41. The first-order valence-corrected chi connectivity index (χ1v) is 14.2. The molecule has 0 radical (unpaired) electrons. The van der Waals surface area contributed by atoms with E-state index in [0.717, 1.165) is 11.1 Å². The predicted octanol–water partition coefficient (Wildman–Crippen LogP) is 5.16. The van der Waals surface area contributed by atoms with Crippen LogP contribution in [0, 0.1) is 13.8 Å². The average Bonchev–Trinajstić information content (AvgIpc) is 2.86. The maximum absolute atomic E-state index is 13.0. The minimum atomic E-state index is -3.91. The number of nitrogens with one attached hydrogen (secondary N) is 3.